The maximum absolute atomic E-state index is 12.7. The number of fused-ring (bicyclic) bond motifs is 1. The first-order valence-corrected chi connectivity index (χ1v) is 10.2. The van der Waals surface area contributed by atoms with E-state index in [9.17, 15) is 14.9 Å². The quantitative estimate of drug-likeness (QED) is 0.671. The van der Waals surface area contributed by atoms with Crippen LogP contribution >= 0.6 is 0 Å². The van der Waals surface area contributed by atoms with Crippen LogP contribution in [0.3, 0.4) is 0 Å². The molecule has 2 aromatic carbocycles. The molecular formula is C25H22N4O3. The number of rotatable bonds is 5. The number of allylic oxidation sites excluding steroid dienone is 2. The molecular weight excluding hydrogens is 404 g/mol. The molecule has 0 spiro atoms. The van der Waals surface area contributed by atoms with Gasteiger partial charge in [0, 0.05) is 11.6 Å². The van der Waals surface area contributed by atoms with E-state index in [1.165, 1.54) is 10.6 Å². The third kappa shape index (κ3) is 4.03. The average Bonchev–Trinajstić information content (AvgIpc) is 3.15. The lowest BCUT2D eigenvalue weighted by Crippen LogP contribution is -2.32. The molecule has 1 amide bonds. The Morgan fingerprint density at radius 1 is 1.19 bits per heavy atom. The third-order valence-corrected chi connectivity index (χ3v) is 5.34. The Balaban J connectivity index is 1.58. The smallest absolute Gasteiger partial charge is 0.266 e. The Hall–Kier alpha value is -4.18. The molecule has 1 unspecified atom stereocenters. The first-order chi connectivity index (χ1) is 15.4. The molecule has 7 nitrogen and oxygen atoms in total. The molecule has 32 heavy (non-hydrogen) atoms. The molecule has 0 bridgehead atoms. The molecule has 1 atom stereocenters. The fraction of sp³-hybridized carbons (Fsp3) is 0.200. The summed E-state index contributed by atoms with van der Waals surface area (Å²) in [6, 6.07) is 18.5. The van der Waals surface area contributed by atoms with Crippen LogP contribution in [-0.2, 0) is 11.3 Å². The molecule has 2 heterocycles. The lowest BCUT2D eigenvalue weighted by atomic mass is 10.0. The van der Waals surface area contributed by atoms with Gasteiger partial charge in [0.05, 0.1) is 6.54 Å². The first kappa shape index (κ1) is 21.1. The minimum absolute atomic E-state index is 0.0874. The largest absolute Gasteiger partial charge is 0.481 e. The molecule has 0 aliphatic carbocycles. The van der Waals surface area contributed by atoms with E-state index >= 15 is 0 Å². The highest BCUT2D eigenvalue weighted by Crippen LogP contribution is 2.32. The van der Waals surface area contributed by atoms with E-state index < -0.39 is 12.0 Å². The van der Waals surface area contributed by atoms with Crippen molar-refractivity contribution in [2.45, 2.75) is 33.4 Å². The van der Waals surface area contributed by atoms with E-state index in [0.717, 1.165) is 22.3 Å². The molecule has 1 aliphatic rings. The number of hydrogen-bond acceptors (Lipinski definition) is 5. The number of nitriles is 1. The second-order valence-corrected chi connectivity index (χ2v) is 7.74. The van der Waals surface area contributed by atoms with Crippen molar-refractivity contribution in [2.24, 2.45) is 0 Å². The number of nitrogens with zero attached hydrogens (tertiary/aromatic N) is 3. The molecule has 0 saturated carbocycles. The summed E-state index contributed by atoms with van der Waals surface area (Å²) >= 11 is 0. The Bertz CT molecular complexity index is 1330. The fourth-order valence-corrected chi connectivity index (χ4v) is 3.68. The number of aryl methyl sites for hydroxylation is 2. The number of aromatic nitrogens is 2. The van der Waals surface area contributed by atoms with E-state index in [0.29, 0.717) is 11.3 Å². The van der Waals surface area contributed by atoms with Crippen LogP contribution in [-0.4, -0.2) is 21.6 Å². The van der Waals surface area contributed by atoms with Gasteiger partial charge in [-0.3, -0.25) is 14.2 Å². The lowest BCUT2D eigenvalue weighted by Gasteiger charge is -2.16. The number of ether oxygens (including phenoxy) is 1. The molecule has 1 N–H and O–H groups in total. The van der Waals surface area contributed by atoms with Gasteiger partial charge in [-0.25, -0.2) is 4.98 Å². The van der Waals surface area contributed by atoms with Crippen molar-refractivity contribution in [3.8, 4) is 11.8 Å². The molecule has 0 saturated heterocycles. The second kappa shape index (κ2) is 8.52. The Labute approximate surface area is 185 Å². The summed E-state index contributed by atoms with van der Waals surface area (Å²) in [5.41, 5.74) is 3.60. The van der Waals surface area contributed by atoms with Gasteiger partial charge in [-0.1, -0.05) is 48.0 Å². The van der Waals surface area contributed by atoms with E-state index in [1.54, 1.807) is 6.92 Å². The molecule has 160 valence electrons. The van der Waals surface area contributed by atoms with Gasteiger partial charge in [0.2, 0.25) is 0 Å². The number of amides is 1. The predicted molar refractivity (Wildman–Crippen MR) is 122 cm³/mol. The van der Waals surface area contributed by atoms with Gasteiger partial charge in [-0.2, -0.15) is 5.26 Å². The van der Waals surface area contributed by atoms with E-state index in [4.69, 9.17) is 4.74 Å². The van der Waals surface area contributed by atoms with Crippen LogP contribution in [0.5, 0.6) is 5.75 Å². The summed E-state index contributed by atoms with van der Waals surface area (Å²) in [4.78, 5) is 29.8. The standard InChI is InChI=1S/C25H22N4O3/c1-15-9-10-21(16(2)11-15)32-17(3)25(31)28-22-12-23(30)29-14-20(18-7-5-4-6-8-18)19(13-26)24(29)27-22/h4-12,17H,14H2,1-3H3,(H,28,31). The normalized spacial score (nSPS) is 13.3. The SMILES string of the molecule is Cc1ccc(OC(C)C(=O)Nc2cc(=O)n3c(n2)C(C#N)=C(c2ccccc2)C3)c(C)c1. The highest BCUT2D eigenvalue weighted by Gasteiger charge is 2.26. The van der Waals surface area contributed by atoms with Crippen LogP contribution in [0.25, 0.3) is 11.1 Å². The molecule has 1 aliphatic heterocycles. The van der Waals surface area contributed by atoms with Crippen LogP contribution in [0.2, 0.25) is 0 Å². The van der Waals surface area contributed by atoms with Crippen molar-refractivity contribution in [3.63, 3.8) is 0 Å². The van der Waals surface area contributed by atoms with Crippen LogP contribution in [0.1, 0.15) is 29.4 Å². The first-order valence-electron chi connectivity index (χ1n) is 10.2. The maximum Gasteiger partial charge on any atom is 0.266 e. The summed E-state index contributed by atoms with van der Waals surface area (Å²) in [5, 5.41) is 12.4. The van der Waals surface area contributed by atoms with Crippen molar-refractivity contribution >= 4 is 22.9 Å². The molecule has 0 radical (unpaired) electrons. The zero-order valence-corrected chi connectivity index (χ0v) is 18.0. The summed E-state index contributed by atoms with van der Waals surface area (Å²) in [6.45, 7) is 5.78. The zero-order valence-electron chi connectivity index (χ0n) is 18.0. The van der Waals surface area contributed by atoms with Gasteiger partial charge in [0.1, 0.15) is 23.2 Å². The van der Waals surface area contributed by atoms with Crippen molar-refractivity contribution in [2.75, 3.05) is 5.32 Å². The summed E-state index contributed by atoms with van der Waals surface area (Å²) in [6.07, 6.45) is -0.805. The number of hydrogen-bond donors (Lipinski definition) is 1. The van der Waals surface area contributed by atoms with Gasteiger partial charge in [-0.15, -0.1) is 0 Å². The van der Waals surface area contributed by atoms with Crippen LogP contribution in [0.15, 0.2) is 59.4 Å². The maximum atomic E-state index is 12.7. The lowest BCUT2D eigenvalue weighted by molar-refractivity contribution is -0.122. The summed E-state index contributed by atoms with van der Waals surface area (Å²) in [7, 11) is 0. The van der Waals surface area contributed by atoms with E-state index in [-0.39, 0.29) is 23.7 Å². The number of carbonyl (C=O) groups is 1. The summed E-state index contributed by atoms with van der Waals surface area (Å²) < 4.78 is 7.23. The fourth-order valence-electron chi connectivity index (χ4n) is 3.68. The van der Waals surface area contributed by atoms with Crippen molar-refractivity contribution in [1.29, 1.82) is 5.26 Å². The van der Waals surface area contributed by atoms with Crippen molar-refractivity contribution in [1.82, 2.24) is 9.55 Å². The number of anilines is 1. The minimum atomic E-state index is -0.805. The molecule has 1 aromatic heterocycles. The Morgan fingerprint density at radius 3 is 2.62 bits per heavy atom. The van der Waals surface area contributed by atoms with Gasteiger partial charge in [0.25, 0.3) is 11.5 Å². The molecule has 3 aromatic rings. The number of benzene rings is 2. The molecule has 0 fully saturated rings. The minimum Gasteiger partial charge on any atom is -0.481 e. The molecule has 7 heteroatoms. The third-order valence-electron chi connectivity index (χ3n) is 5.34. The topological polar surface area (TPSA) is 97.0 Å². The predicted octanol–water partition coefficient (Wildman–Crippen LogP) is 3.71. The van der Waals surface area contributed by atoms with Gasteiger partial charge in [-0.05, 0) is 38.0 Å². The summed E-state index contributed by atoms with van der Waals surface area (Å²) in [5.74, 6) is 0.509. The van der Waals surface area contributed by atoms with Crippen molar-refractivity contribution in [3.05, 3.63) is 87.5 Å². The Kier molecular flexibility index (Phi) is 5.61. The van der Waals surface area contributed by atoms with Gasteiger partial charge in [0.15, 0.2) is 11.9 Å². The number of nitrogens with one attached hydrogen (secondary N) is 1. The Morgan fingerprint density at radius 2 is 1.94 bits per heavy atom. The van der Waals surface area contributed by atoms with Crippen LogP contribution < -0.4 is 15.6 Å². The number of carbonyl (C=O) groups excluding carboxylic acids is 1. The molecule has 4 rings (SSSR count). The van der Waals surface area contributed by atoms with E-state index in [2.05, 4.69) is 16.4 Å². The van der Waals surface area contributed by atoms with E-state index in [1.807, 2.05) is 62.4 Å². The zero-order chi connectivity index (χ0) is 22.8. The van der Waals surface area contributed by atoms with Gasteiger partial charge >= 0.3 is 0 Å². The highest BCUT2D eigenvalue weighted by molar-refractivity contribution is 5.98. The van der Waals surface area contributed by atoms with Crippen LogP contribution in [0, 0.1) is 25.2 Å². The second-order valence-electron chi connectivity index (χ2n) is 7.74. The van der Waals surface area contributed by atoms with Gasteiger partial charge < -0.3 is 10.1 Å². The monoisotopic (exact) mass is 426 g/mol. The average molecular weight is 426 g/mol. The van der Waals surface area contributed by atoms with Crippen molar-refractivity contribution < 1.29 is 9.53 Å². The highest BCUT2D eigenvalue weighted by atomic mass is 16.5. The van der Waals surface area contributed by atoms with Crippen LogP contribution in [0.4, 0.5) is 5.82 Å².